The maximum absolute atomic E-state index is 11.4. The molecule has 2 aliphatic carbocycles. The van der Waals surface area contributed by atoms with Gasteiger partial charge in [-0.15, -0.1) is 0 Å². The Balaban J connectivity index is 1.99. The molecule has 0 aromatic rings. The molecule has 1 spiro atoms. The van der Waals surface area contributed by atoms with Crippen molar-refractivity contribution in [1.82, 2.24) is 0 Å². The van der Waals surface area contributed by atoms with Crippen LogP contribution in [0.25, 0.3) is 0 Å². The number of fused-ring (bicyclic) bond motifs is 1. The molecule has 1 atom stereocenters. The summed E-state index contributed by atoms with van der Waals surface area (Å²) < 4.78 is 11.9. The van der Waals surface area contributed by atoms with E-state index < -0.39 is 5.79 Å². The van der Waals surface area contributed by atoms with Crippen molar-refractivity contribution in [3.63, 3.8) is 0 Å². The Hall–Kier alpha value is -1.19. The molecule has 96 valence electrons. The minimum Gasteiger partial charge on any atom is -0.346 e. The summed E-state index contributed by atoms with van der Waals surface area (Å²) in [6.45, 7) is 0. The molecule has 18 heavy (non-hydrogen) atoms. The molecular formula is C15H18O3. The Kier molecular flexibility index (Phi) is 2.76. The molecule has 3 nitrogen and oxygen atoms in total. The number of allylic oxidation sites excluding steroid dienone is 2. The van der Waals surface area contributed by atoms with E-state index in [1.807, 2.05) is 6.08 Å². The lowest BCUT2D eigenvalue weighted by Gasteiger charge is -2.46. The number of methoxy groups -OCH3 is 1. The number of carbonyl (C=O) groups is 1. The van der Waals surface area contributed by atoms with Crippen molar-refractivity contribution in [3.8, 4) is 0 Å². The van der Waals surface area contributed by atoms with E-state index in [0.717, 1.165) is 18.4 Å². The molecule has 0 aromatic carbocycles. The van der Waals surface area contributed by atoms with Crippen molar-refractivity contribution in [2.24, 2.45) is 0 Å². The van der Waals surface area contributed by atoms with Gasteiger partial charge >= 0.3 is 0 Å². The quantitative estimate of drug-likeness (QED) is 0.713. The van der Waals surface area contributed by atoms with E-state index in [4.69, 9.17) is 9.47 Å². The molecule has 3 rings (SSSR count). The van der Waals surface area contributed by atoms with Crippen LogP contribution in [-0.2, 0) is 14.3 Å². The van der Waals surface area contributed by atoms with Crippen molar-refractivity contribution in [1.29, 1.82) is 0 Å². The van der Waals surface area contributed by atoms with E-state index >= 15 is 0 Å². The smallest absolute Gasteiger partial charge is 0.216 e. The van der Waals surface area contributed by atoms with Crippen LogP contribution >= 0.6 is 0 Å². The summed E-state index contributed by atoms with van der Waals surface area (Å²) in [6, 6.07) is 0. The second-order valence-electron chi connectivity index (χ2n) is 5.27. The zero-order valence-corrected chi connectivity index (χ0v) is 10.6. The predicted octanol–water partition coefficient (Wildman–Crippen LogP) is 2.68. The first-order chi connectivity index (χ1) is 8.68. The maximum atomic E-state index is 11.4. The van der Waals surface area contributed by atoms with E-state index in [-0.39, 0.29) is 11.4 Å². The summed E-state index contributed by atoms with van der Waals surface area (Å²) in [6.07, 6.45) is 14.7. The fraction of sp³-hybridized carbons (Fsp3) is 0.533. The van der Waals surface area contributed by atoms with Gasteiger partial charge < -0.3 is 9.47 Å². The second-order valence-corrected chi connectivity index (χ2v) is 5.27. The number of ether oxygens (including phenoxy) is 2. The van der Waals surface area contributed by atoms with Crippen molar-refractivity contribution in [2.45, 2.75) is 43.5 Å². The van der Waals surface area contributed by atoms with Crippen LogP contribution in [0, 0.1) is 0 Å². The number of rotatable bonds is 1. The summed E-state index contributed by atoms with van der Waals surface area (Å²) in [4.78, 5) is 11.4. The van der Waals surface area contributed by atoms with Gasteiger partial charge in [0.2, 0.25) is 5.79 Å². The standard InChI is InChI=1S/C15H18O3/c1-17-15-10-6-13(16)11-12(15)5-9-14(18-15)7-3-2-4-8-14/h5-6,9-11H,2-4,7-8H2,1H3. The zero-order chi connectivity index (χ0) is 12.6. The molecule has 0 radical (unpaired) electrons. The Morgan fingerprint density at radius 3 is 2.67 bits per heavy atom. The minimum absolute atomic E-state index is 0.00878. The molecule has 3 heteroatoms. The van der Waals surface area contributed by atoms with E-state index in [2.05, 4.69) is 6.08 Å². The lowest BCUT2D eigenvalue weighted by molar-refractivity contribution is -0.226. The number of ketones is 1. The van der Waals surface area contributed by atoms with Gasteiger partial charge in [-0.2, -0.15) is 0 Å². The first-order valence-corrected chi connectivity index (χ1v) is 6.58. The summed E-state index contributed by atoms with van der Waals surface area (Å²) in [5.74, 6) is -0.870. The average molecular weight is 246 g/mol. The first kappa shape index (κ1) is 11.9. The van der Waals surface area contributed by atoms with E-state index in [9.17, 15) is 4.79 Å². The van der Waals surface area contributed by atoms with Gasteiger partial charge in [0.25, 0.3) is 0 Å². The third kappa shape index (κ3) is 1.78. The molecule has 0 saturated heterocycles. The SMILES string of the molecule is COC12C=CC(=O)C=C1C=CC1(CCCCC1)O2. The number of hydrogen-bond donors (Lipinski definition) is 0. The van der Waals surface area contributed by atoms with Gasteiger partial charge in [-0.05, 0) is 31.1 Å². The van der Waals surface area contributed by atoms with E-state index in [1.54, 1.807) is 19.3 Å². The Morgan fingerprint density at radius 2 is 1.94 bits per heavy atom. The monoisotopic (exact) mass is 246 g/mol. The number of carbonyl (C=O) groups excluding carboxylic acids is 1. The van der Waals surface area contributed by atoms with Crippen LogP contribution in [0.1, 0.15) is 32.1 Å². The van der Waals surface area contributed by atoms with Crippen LogP contribution in [0.3, 0.4) is 0 Å². The zero-order valence-electron chi connectivity index (χ0n) is 10.6. The van der Waals surface area contributed by atoms with Crippen molar-refractivity contribution >= 4 is 5.78 Å². The predicted molar refractivity (Wildman–Crippen MR) is 68.0 cm³/mol. The molecule has 1 aliphatic heterocycles. The van der Waals surface area contributed by atoms with Gasteiger partial charge in [0, 0.05) is 12.7 Å². The van der Waals surface area contributed by atoms with Crippen LogP contribution in [0.5, 0.6) is 0 Å². The summed E-state index contributed by atoms with van der Waals surface area (Å²) in [7, 11) is 1.63. The third-order valence-electron chi connectivity index (χ3n) is 4.09. The Labute approximate surface area is 107 Å². The molecule has 1 fully saturated rings. The highest BCUT2D eigenvalue weighted by molar-refractivity contribution is 6.01. The molecular weight excluding hydrogens is 228 g/mol. The molecule has 1 saturated carbocycles. The Morgan fingerprint density at radius 1 is 1.17 bits per heavy atom. The third-order valence-corrected chi connectivity index (χ3v) is 4.09. The van der Waals surface area contributed by atoms with Crippen molar-refractivity contribution in [2.75, 3.05) is 7.11 Å². The first-order valence-electron chi connectivity index (χ1n) is 6.58. The lowest BCUT2D eigenvalue weighted by atomic mass is 9.80. The highest BCUT2D eigenvalue weighted by Crippen LogP contribution is 2.44. The summed E-state index contributed by atoms with van der Waals surface area (Å²) in [5, 5.41) is 0. The summed E-state index contributed by atoms with van der Waals surface area (Å²) >= 11 is 0. The second kappa shape index (κ2) is 4.18. The lowest BCUT2D eigenvalue weighted by Crippen LogP contribution is -2.49. The molecule has 0 aromatic heterocycles. The van der Waals surface area contributed by atoms with Crippen LogP contribution in [0.15, 0.2) is 36.0 Å². The molecule has 0 amide bonds. The van der Waals surface area contributed by atoms with Gasteiger partial charge in [-0.3, -0.25) is 4.79 Å². The van der Waals surface area contributed by atoms with E-state index in [0.29, 0.717) is 0 Å². The molecule has 1 heterocycles. The highest BCUT2D eigenvalue weighted by atomic mass is 16.7. The van der Waals surface area contributed by atoms with Crippen LogP contribution < -0.4 is 0 Å². The fourth-order valence-electron chi connectivity index (χ4n) is 3.07. The van der Waals surface area contributed by atoms with Crippen LogP contribution in [0.2, 0.25) is 0 Å². The van der Waals surface area contributed by atoms with Crippen LogP contribution in [-0.4, -0.2) is 24.3 Å². The molecule has 0 bridgehead atoms. The average Bonchev–Trinajstić information content (AvgIpc) is 2.40. The van der Waals surface area contributed by atoms with E-state index in [1.165, 1.54) is 25.3 Å². The van der Waals surface area contributed by atoms with Crippen molar-refractivity contribution < 1.29 is 14.3 Å². The van der Waals surface area contributed by atoms with Crippen LogP contribution in [0.4, 0.5) is 0 Å². The molecule has 0 N–H and O–H groups in total. The Bertz CT molecular complexity index is 452. The number of hydrogen-bond acceptors (Lipinski definition) is 3. The van der Waals surface area contributed by atoms with Gasteiger partial charge in [0.1, 0.15) is 0 Å². The largest absolute Gasteiger partial charge is 0.346 e. The summed E-state index contributed by atoms with van der Waals surface area (Å²) in [5.41, 5.74) is 0.588. The fourth-order valence-corrected chi connectivity index (χ4v) is 3.07. The van der Waals surface area contributed by atoms with Gasteiger partial charge in [-0.25, -0.2) is 0 Å². The highest BCUT2D eigenvalue weighted by Gasteiger charge is 2.46. The minimum atomic E-state index is -0.861. The maximum Gasteiger partial charge on any atom is 0.216 e. The molecule has 1 unspecified atom stereocenters. The van der Waals surface area contributed by atoms with Gasteiger partial charge in [-0.1, -0.05) is 31.4 Å². The topological polar surface area (TPSA) is 35.5 Å². The molecule has 3 aliphatic rings. The van der Waals surface area contributed by atoms with Gasteiger partial charge in [0.05, 0.1) is 5.60 Å². The van der Waals surface area contributed by atoms with Gasteiger partial charge in [0.15, 0.2) is 5.78 Å². The van der Waals surface area contributed by atoms with Crippen molar-refractivity contribution in [3.05, 3.63) is 36.0 Å². The normalized spacial score (nSPS) is 33.4.